The predicted molar refractivity (Wildman–Crippen MR) is 63.1 cm³/mol. The summed E-state index contributed by atoms with van der Waals surface area (Å²) in [6, 6.07) is 0. The second-order valence-electron chi connectivity index (χ2n) is 3.73. The lowest BCUT2D eigenvalue weighted by Crippen LogP contribution is -2.29. The number of aryl methyl sites for hydroxylation is 1. The molecule has 16 heavy (non-hydrogen) atoms. The highest BCUT2D eigenvalue weighted by molar-refractivity contribution is 5.76. The van der Waals surface area contributed by atoms with Crippen LogP contribution in [0.5, 0.6) is 0 Å². The number of nitrogens with zero attached hydrogens (tertiary/aromatic N) is 2. The zero-order chi connectivity index (χ0) is 11.8. The third kappa shape index (κ3) is 4.93. The first-order valence-corrected chi connectivity index (χ1v) is 5.67. The molecule has 0 spiro atoms. The average molecular weight is 224 g/mol. The van der Waals surface area contributed by atoms with E-state index in [9.17, 15) is 4.79 Å². The number of aromatic nitrogens is 2. The van der Waals surface area contributed by atoms with Gasteiger partial charge in [-0.15, -0.1) is 0 Å². The van der Waals surface area contributed by atoms with Gasteiger partial charge in [0.05, 0.1) is 6.20 Å². The summed E-state index contributed by atoms with van der Waals surface area (Å²) in [5.41, 5.74) is 1.15. The minimum atomic E-state index is 0.102. The van der Waals surface area contributed by atoms with E-state index in [-0.39, 0.29) is 5.91 Å². The van der Waals surface area contributed by atoms with Gasteiger partial charge in [-0.05, 0) is 18.5 Å². The molecule has 0 aromatic carbocycles. The molecule has 0 atom stereocenters. The van der Waals surface area contributed by atoms with Crippen LogP contribution in [0.15, 0.2) is 12.4 Å². The van der Waals surface area contributed by atoms with Gasteiger partial charge in [-0.2, -0.15) is 5.10 Å². The lowest BCUT2D eigenvalue weighted by Gasteiger charge is -2.04. The van der Waals surface area contributed by atoms with Crippen LogP contribution < -0.4 is 10.6 Å². The van der Waals surface area contributed by atoms with Gasteiger partial charge in [-0.1, -0.05) is 6.92 Å². The van der Waals surface area contributed by atoms with E-state index in [1.165, 1.54) is 0 Å². The highest BCUT2D eigenvalue weighted by Gasteiger charge is 2.00. The van der Waals surface area contributed by atoms with Crippen molar-refractivity contribution in [2.24, 2.45) is 7.05 Å². The van der Waals surface area contributed by atoms with Gasteiger partial charge in [-0.25, -0.2) is 0 Å². The van der Waals surface area contributed by atoms with Gasteiger partial charge in [-0.3, -0.25) is 9.48 Å². The molecule has 0 radical (unpaired) electrons. The first-order valence-electron chi connectivity index (χ1n) is 5.67. The quantitative estimate of drug-likeness (QED) is 0.645. The molecule has 0 bridgehead atoms. The zero-order valence-corrected chi connectivity index (χ0v) is 9.99. The van der Waals surface area contributed by atoms with Crippen molar-refractivity contribution in [3.05, 3.63) is 18.0 Å². The third-order valence-electron chi connectivity index (χ3n) is 2.27. The minimum absolute atomic E-state index is 0.102. The molecule has 0 aliphatic heterocycles. The monoisotopic (exact) mass is 224 g/mol. The standard InChI is InChI=1S/C11H20N4O/c1-3-12-6-5-11(16)13-7-4-10-8-14-15(2)9-10/h8-9,12H,3-7H2,1-2H3,(H,13,16). The molecule has 1 aromatic heterocycles. The van der Waals surface area contributed by atoms with Crippen molar-refractivity contribution in [1.29, 1.82) is 0 Å². The molecular formula is C11H20N4O. The van der Waals surface area contributed by atoms with Gasteiger partial charge in [0, 0.05) is 32.8 Å². The summed E-state index contributed by atoms with van der Waals surface area (Å²) < 4.78 is 1.77. The third-order valence-corrected chi connectivity index (χ3v) is 2.27. The summed E-state index contributed by atoms with van der Waals surface area (Å²) >= 11 is 0. The second-order valence-corrected chi connectivity index (χ2v) is 3.73. The van der Waals surface area contributed by atoms with Crippen LogP contribution in [0.4, 0.5) is 0 Å². The van der Waals surface area contributed by atoms with Crippen molar-refractivity contribution < 1.29 is 4.79 Å². The maximum Gasteiger partial charge on any atom is 0.221 e. The second kappa shape index (κ2) is 7.00. The number of carbonyl (C=O) groups excluding carboxylic acids is 1. The summed E-state index contributed by atoms with van der Waals surface area (Å²) in [7, 11) is 1.89. The lowest BCUT2D eigenvalue weighted by molar-refractivity contribution is -0.120. The summed E-state index contributed by atoms with van der Waals surface area (Å²) in [6.45, 7) is 4.36. The Morgan fingerprint density at radius 2 is 2.31 bits per heavy atom. The van der Waals surface area contributed by atoms with Gasteiger partial charge >= 0.3 is 0 Å². The molecule has 0 saturated heterocycles. The summed E-state index contributed by atoms with van der Waals surface area (Å²) in [5, 5.41) is 10.1. The molecule has 0 saturated carbocycles. The fraction of sp³-hybridized carbons (Fsp3) is 0.636. The smallest absolute Gasteiger partial charge is 0.221 e. The van der Waals surface area contributed by atoms with E-state index < -0.39 is 0 Å². The van der Waals surface area contributed by atoms with E-state index in [1.807, 2.05) is 26.4 Å². The normalized spacial score (nSPS) is 10.4. The van der Waals surface area contributed by atoms with Gasteiger partial charge in [0.1, 0.15) is 0 Å². The fourth-order valence-electron chi connectivity index (χ4n) is 1.41. The zero-order valence-electron chi connectivity index (χ0n) is 9.99. The van der Waals surface area contributed by atoms with Crippen LogP contribution in [0.2, 0.25) is 0 Å². The Labute approximate surface area is 96.2 Å². The maximum atomic E-state index is 11.3. The topological polar surface area (TPSA) is 59.0 Å². The first kappa shape index (κ1) is 12.7. The van der Waals surface area contributed by atoms with Crippen molar-refractivity contribution in [3.8, 4) is 0 Å². The molecular weight excluding hydrogens is 204 g/mol. The number of hydrogen-bond donors (Lipinski definition) is 2. The number of nitrogens with one attached hydrogen (secondary N) is 2. The van der Waals surface area contributed by atoms with Gasteiger partial charge in [0.2, 0.25) is 5.91 Å². The fourth-order valence-corrected chi connectivity index (χ4v) is 1.41. The number of hydrogen-bond acceptors (Lipinski definition) is 3. The molecule has 1 aromatic rings. The molecule has 5 nitrogen and oxygen atoms in total. The lowest BCUT2D eigenvalue weighted by atomic mass is 10.2. The first-order chi connectivity index (χ1) is 7.72. The molecule has 1 amide bonds. The van der Waals surface area contributed by atoms with E-state index in [2.05, 4.69) is 15.7 Å². The van der Waals surface area contributed by atoms with E-state index >= 15 is 0 Å². The summed E-state index contributed by atoms with van der Waals surface area (Å²) in [6.07, 6.45) is 5.16. The van der Waals surface area contributed by atoms with Crippen LogP contribution in [0.25, 0.3) is 0 Å². The van der Waals surface area contributed by atoms with Crippen molar-refractivity contribution in [3.63, 3.8) is 0 Å². The van der Waals surface area contributed by atoms with Crippen molar-refractivity contribution >= 4 is 5.91 Å². The Balaban J connectivity index is 2.08. The highest BCUT2D eigenvalue weighted by Crippen LogP contribution is 1.95. The van der Waals surface area contributed by atoms with Crippen LogP contribution in [0.3, 0.4) is 0 Å². The van der Waals surface area contributed by atoms with Gasteiger partial charge in [0.25, 0.3) is 0 Å². The Morgan fingerprint density at radius 1 is 1.50 bits per heavy atom. The van der Waals surface area contributed by atoms with Crippen LogP contribution in [-0.2, 0) is 18.3 Å². The molecule has 0 aliphatic rings. The Hall–Kier alpha value is -1.36. The molecule has 2 N–H and O–H groups in total. The van der Waals surface area contributed by atoms with Crippen LogP contribution in [0.1, 0.15) is 18.9 Å². The largest absolute Gasteiger partial charge is 0.356 e. The Morgan fingerprint density at radius 3 is 2.94 bits per heavy atom. The van der Waals surface area contributed by atoms with E-state index in [1.54, 1.807) is 4.68 Å². The molecule has 90 valence electrons. The van der Waals surface area contributed by atoms with Crippen LogP contribution in [-0.4, -0.2) is 35.3 Å². The predicted octanol–water partition coefficient (Wildman–Crippen LogP) is 0.0784. The molecule has 5 heteroatoms. The molecule has 1 heterocycles. The van der Waals surface area contributed by atoms with Crippen molar-refractivity contribution in [1.82, 2.24) is 20.4 Å². The summed E-state index contributed by atoms with van der Waals surface area (Å²) in [5.74, 6) is 0.102. The Bertz CT molecular complexity index is 322. The van der Waals surface area contributed by atoms with Crippen LogP contribution >= 0.6 is 0 Å². The van der Waals surface area contributed by atoms with Gasteiger partial charge < -0.3 is 10.6 Å². The van der Waals surface area contributed by atoms with Crippen LogP contribution in [0, 0.1) is 0 Å². The maximum absolute atomic E-state index is 11.3. The highest BCUT2D eigenvalue weighted by atomic mass is 16.1. The Kier molecular flexibility index (Phi) is 5.56. The van der Waals surface area contributed by atoms with Crippen molar-refractivity contribution in [2.45, 2.75) is 19.8 Å². The number of rotatable bonds is 7. The molecule has 0 aliphatic carbocycles. The van der Waals surface area contributed by atoms with Crippen molar-refractivity contribution in [2.75, 3.05) is 19.6 Å². The minimum Gasteiger partial charge on any atom is -0.356 e. The summed E-state index contributed by atoms with van der Waals surface area (Å²) in [4.78, 5) is 11.3. The number of carbonyl (C=O) groups is 1. The van der Waals surface area contributed by atoms with Gasteiger partial charge in [0.15, 0.2) is 0 Å². The number of amides is 1. The van der Waals surface area contributed by atoms with E-state index in [4.69, 9.17) is 0 Å². The SMILES string of the molecule is CCNCCC(=O)NCCc1cnn(C)c1. The van der Waals surface area contributed by atoms with E-state index in [0.29, 0.717) is 13.0 Å². The average Bonchev–Trinajstić information content (AvgIpc) is 2.65. The molecule has 0 fully saturated rings. The molecule has 0 unspecified atom stereocenters. The van der Waals surface area contributed by atoms with E-state index in [0.717, 1.165) is 25.1 Å². The molecule has 1 rings (SSSR count).